The predicted molar refractivity (Wildman–Crippen MR) is 531 cm³/mol. The molecule has 0 spiro atoms. The number of aromatic nitrogens is 6. The lowest BCUT2D eigenvalue weighted by molar-refractivity contribution is 1.18. The number of hydrogen-bond donors (Lipinski definition) is 0. The Morgan fingerprint density at radius 1 is 0.154 bits per heavy atom. The highest BCUT2D eigenvalue weighted by Gasteiger charge is 2.27. The first-order chi connectivity index (χ1) is 61.1. The van der Waals surface area contributed by atoms with Gasteiger partial charge in [-0.15, -0.1) is 34.0 Å². The van der Waals surface area contributed by atoms with Gasteiger partial charge in [0.15, 0.2) is 0 Å². The maximum atomic E-state index is 2.48. The minimum atomic E-state index is 1.18. The van der Waals surface area contributed by atoms with Gasteiger partial charge in [-0.1, -0.05) is 273 Å². The number of thiophene rings is 3. The van der Waals surface area contributed by atoms with Gasteiger partial charge in [-0.2, -0.15) is 0 Å². The third-order valence-electron chi connectivity index (χ3n) is 26.6. The van der Waals surface area contributed by atoms with Gasteiger partial charge in [0, 0.05) is 209 Å². The average Bonchev–Trinajstić information content (AvgIpc) is 1.56. The van der Waals surface area contributed by atoms with Crippen LogP contribution < -0.4 is 0 Å². The summed E-state index contributed by atoms with van der Waals surface area (Å²) in [6.45, 7) is 0. The van der Waals surface area contributed by atoms with Crippen LogP contribution in [0.1, 0.15) is 0 Å². The van der Waals surface area contributed by atoms with E-state index in [-0.39, 0.29) is 0 Å². The monoisotopic (exact) mass is 1610 g/mol. The molecule has 0 saturated heterocycles. The van der Waals surface area contributed by atoms with Crippen LogP contribution in [-0.4, -0.2) is 26.9 Å². The molecule has 30 rings (SSSR count). The standard InChI is InChI=1S/3C38H22N2S/c1-2-11-24(12-3-1)40-30-16-8-6-15-28(30)34-32(40)21-20-31-36(34)35-29(37-25-13-5-4-10-23(25)22-39(31)37)19-18-27-26-14-7-9-17-33(26)41-38(27)35;1-2-11-24(12-3-1)40-30-16-8-6-14-26(30)35-31(40)20-18-29-34-28(19-21-33-36(34)27-15-7-9-17-32(27)41-33)37-25-13-5-4-10-23(25)22-39(37)38(29)35;1-2-11-24(12-3-1)40-32-16-8-6-14-26(32)30-20-31-33(21-34(30)40)39-22-23-10-4-5-13-25(23)37(39)29-19-18-28-27-15-7-9-17-35(27)41-38(28)36(29)31/h3*1-22H. The van der Waals surface area contributed by atoms with Gasteiger partial charge in [-0.05, 0) is 109 Å². The molecule has 6 nitrogen and oxygen atoms in total. The van der Waals surface area contributed by atoms with Crippen LogP contribution in [0.2, 0.25) is 0 Å². The summed E-state index contributed by atoms with van der Waals surface area (Å²) in [5.74, 6) is 0. The van der Waals surface area contributed by atoms with Crippen molar-refractivity contribution in [2.24, 2.45) is 0 Å². The zero-order valence-corrected chi connectivity index (χ0v) is 68.5. The third kappa shape index (κ3) is 9.39. The molecular formula is C114H66N6S3. The minimum Gasteiger partial charge on any atom is -0.315 e. The normalized spacial score (nSPS) is 12.4. The molecule has 30 aromatic rings. The molecule has 570 valence electrons. The van der Waals surface area contributed by atoms with Crippen LogP contribution in [0.5, 0.6) is 0 Å². The van der Waals surface area contributed by atoms with Gasteiger partial charge >= 0.3 is 0 Å². The number of pyridine rings is 3. The Labute approximate surface area is 713 Å². The van der Waals surface area contributed by atoms with E-state index in [4.69, 9.17) is 0 Å². The lowest BCUT2D eigenvalue weighted by atomic mass is 9.97. The van der Waals surface area contributed by atoms with Crippen molar-refractivity contribution >= 4 is 274 Å². The Morgan fingerprint density at radius 2 is 0.528 bits per heavy atom. The Hall–Kier alpha value is -15.4. The fraction of sp³-hybridized carbons (Fsp3) is 0. The van der Waals surface area contributed by atoms with Crippen molar-refractivity contribution in [2.75, 3.05) is 0 Å². The molecule has 0 aliphatic carbocycles. The van der Waals surface area contributed by atoms with Crippen LogP contribution in [0, 0.1) is 0 Å². The number of nitrogens with zero attached hydrogens (tertiary/aromatic N) is 6. The molecule has 0 aliphatic rings. The molecule has 18 aromatic carbocycles. The summed E-state index contributed by atoms with van der Waals surface area (Å²) in [5.41, 5.74) is 18.5. The Kier molecular flexibility index (Phi) is 14.1. The second-order valence-electron chi connectivity index (χ2n) is 32.9. The third-order valence-corrected chi connectivity index (χ3v) is 30.1. The molecular weight excluding hydrogens is 1550 g/mol. The van der Waals surface area contributed by atoms with Gasteiger partial charge < -0.3 is 26.9 Å². The van der Waals surface area contributed by atoms with Crippen molar-refractivity contribution in [1.82, 2.24) is 26.9 Å². The first kappa shape index (κ1) is 67.5. The van der Waals surface area contributed by atoms with Gasteiger partial charge in [0.2, 0.25) is 0 Å². The van der Waals surface area contributed by atoms with E-state index < -0.39 is 0 Å². The fourth-order valence-corrected chi connectivity index (χ4v) is 25.2. The molecule has 0 N–H and O–H groups in total. The average molecular weight is 1620 g/mol. The summed E-state index contributed by atoms with van der Waals surface area (Å²) >= 11 is 5.74. The van der Waals surface area contributed by atoms with Crippen molar-refractivity contribution in [3.8, 4) is 17.1 Å². The van der Waals surface area contributed by atoms with Gasteiger partial charge in [0.1, 0.15) is 0 Å². The van der Waals surface area contributed by atoms with E-state index in [0.29, 0.717) is 0 Å². The number of benzene rings is 18. The van der Waals surface area contributed by atoms with E-state index in [9.17, 15) is 0 Å². The molecule has 0 atom stereocenters. The Bertz CT molecular complexity index is 9850. The van der Waals surface area contributed by atoms with Gasteiger partial charge in [0.05, 0.1) is 66.2 Å². The predicted octanol–water partition coefficient (Wildman–Crippen LogP) is 32.6. The first-order valence-corrected chi connectivity index (χ1v) is 44.6. The highest BCUT2D eigenvalue weighted by molar-refractivity contribution is 7.27. The maximum Gasteiger partial charge on any atom is 0.0635 e. The Morgan fingerprint density at radius 3 is 1.11 bits per heavy atom. The van der Waals surface area contributed by atoms with Crippen LogP contribution in [0.4, 0.5) is 0 Å². The molecule has 0 bridgehead atoms. The minimum absolute atomic E-state index is 1.18. The number of para-hydroxylation sites is 6. The van der Waals surface area contributed by atoms with Crippen molar-refractivity contribution < 1.29 is 0 Å². The summed E-state index contributed by atoms with van der Waals surface area (Å²) in [7, 11) is 0. The van der Waals surface area contributed by atoms with Crippen LogP contribution in [-0.2, 0) is 0 Å². The second kappa shape index (κ2) is 25.6. The molecule has 12 aromatic heterocycles. The zero-order valence-electron chi connectivity index (χ0n) is 66.0. The van der Waals surface area contributed by atoms with Crippen molar-refractivity contribution in [1.29, 1.82) is 0 Å². The van der Waals surface area contributed by atoms with E-state index in [0.717, 1.165) is 0 Å². The number of hydrogen-bond acceptors (Lipinski definition) is 3. The van der Waals surface area contributed by atoms with Crippen molar-refractivity contribution in [3.05, 3.63) is 401 Å². The molecule has 0 amide bonds. The van der Waals surface area contributed by atoms with Crippen molar-refractivity contribution in [3.63, 3.8) is 0 Å². The van der Waals surface area contributed by atoms with Crippen LogP contribution in [0.25, 0.3) is 257 Å². The van der Waals surface area contributed by atoms with E-state index >= 15 is 0 Å². The summed E-state index contributed by atoms with van der Waals surface area (Å²) in [4.78, 5) is 0. The molecule has 12 heterocycles. The topological polar surface area (TPSA) is 28.0 Å². The molecule has 0 fully saturated rings. The molecule has 0 aliphatic heterocycles. The summed E-state index contributed by atoms with van der Waals surface area (Å²) in [5, 5.41) is 35.4. The SMILES string of the molecule is c1ccc(-n2c3ccccc3c3c2ccc2c4c(ccc5sc6ccccc6c54)c4c5ccccc5cn4c23)cc1.c1ccc(-n2c3ccccc3c3c4c5c(ccc6c7ccccc7sc65)c5c6ccccc6cn5c4ccc32)cc1.c1ccc(-n2c3ccccc3c3cc4c5c(ccc6c7ccccc7sc65)c5c6ccccc6cn5c4cc32)cc1. The fourth-order valence-electron chi connectivity index (χ4n) is 21.6. The molecule has 9 heteroatoms. The largest absolute Gasteiger partial charge is 0.315 e. The van der Waals surface area contributed by atoms with Gasteiger partial charge in [-0.3, -0.25) is 0 Å². The van der Waals surface area contributed by atoms with E-state index in [1.807, 2.05) is 34.0 Å². The van der Waals surface area contributed by atoms with Crippen LogP contribution in [0.15, 0.2) is 401 Å². The molecule has 123 heavy (non-hydrogen) atoms. The van der Waals surface area contributed by atoms with Gasteiger partial charge in [0.25, 0.3) is 0 Å². The second-order valence-corrected chi connectivity index (χ2v) is 36.0. The number of rotatable bonds is 3. The summed E-state index contributed by atoms with van der Waals surface area (Å²) < 4.78 is 22.7. The lowest BCUT2D eigenvalue weighted by Crippen LogP contribution is -1.95. The Balaban J connectivity index is 0.0000000946. The highest BCUT2D eigenvalue weighted by Crippen LogP contribution is 2.52. The summed E-state index contributed by atoms with van der Waals surface area (Å²) in [6.07, 6.45) is 6.99. The maximum absolute atomic E-state index is 2.48. The van der Waals surface area contributed by atoms with E-state index in [2.05, 4.69) is 428 Å². The van der Waals surface area contributed by atoms with E-state index in [1.165, 1.54) is 257 Å². The van der Waals surface area contributed by atoms with E-state index in [1.54, 1.807) is 0 Å². The number of fused-ring (bicyclic) bond motifs is 47. The van der Waals surface area contributed by atoms with Crippen LogP contribution in [0.3, 0.4) is 0 Å². The summed E-state index contributed by atoms with van der Waals surface area (Å²) in [6, 6.07) is 140. The smallest absolute Gasteiger partial charge is 0.0635 e. The van der Waals surface area contributed by atoms with Gasteiger partial charge in [-0.25, -0.2) is 0 Å². The quantitative estimate of drug-likeness (QED) is 0.158. The molecule has 0 unspecified atom stereocenters. The molecule has 0 saturated carbocycles. The highest BCUT2D eigenvalue weighted by atomic mass is 32.1. The lowest BCUT2D eigenvalue weighted by Gasteiger charge is -2.13. The first-order valence-electron chi connectivity index (χ1n) is 42.1. The van der Waals surface area contributed by atoms with Crippen molar-refractivity contribution in [2.45, 2.75) is 0 Å². The zero-order chi connectivity index (χ0) is 80.0. The van der Waals surface area contributed by atoms with Crippen LogP contribution >= 0.6 is 34.0 Å². The molecule has 0 radical (unpaired) electrons.